The Labute approximate surface area is 208 Å². The number of anilines is 1. The second-order valence-corrected chi connectivity index (χ2v) is 8.97. The Morgan fingerprint density at radius 2 is 1.43 bits per heavy atom. The van der Waals surface area contributed by atoms with Gasteiger partial charge in [-0.05, 0) is 71.5 Å². The van der Waals surface area contributed by atoms with Gasteiger partial charge in [0.15, 0.2) is 0 Å². The quantitative estimate of drug-likeness (QED) is 0.310. The van der Waals surface area contributed by atoms with E-state index in [0.717, 1.165) is 24.3 Å². The van der Waals surface area contributed by atoms with Crippen LogP contribution in [-0.4, -0.2) is 17.0 Å². The summed E-state index contributed by atoms with van der Waals surface area (Å²) in [6, 6.07) is 12.3. The number of halogens is 6. The molecule has 1 amide bonds. The topological polar surface area (TPSA) is 66.4 Å². The Kier molecular flexibility index (Phi) is 8.00. The van der Waals surface area contributed by atoms with Crippen LogP contribution < -0.4 is 5.32 Å². The Bertz CT molecular complexity index is 1280. The molecule has 3 rings (SSSR count). The lowest BCUT2D eigenvalue weighted by Gasteiger charge is -2.18. The summed E-state index contributed by atoms with van der Waals surface area (Å²) < 4.78 is 78.2. The molecular weight excluding hydrogens is 500 g/mol. The van der Waals surface area contributed by atoms with Crippen molar-refractivity contribution < 1.29 is 41.0 Å². The molecule has 2 N–H and O–H groups in total. The maximum Gasteiger partial charge on any atom is 0.416 e. The molecule has 0 aromatic heterocycles. The standard InChI is InChI=1S/C27H23F6NO3/c1-15(2)10-23(25(36)37)19-11-18(16-6-8-20(9-7-16)26(28,29)30)13-22(14-19)34-24(35)17-4-3-5-21(12-17)27(31,32)33/h3-9,11-15,23H,10H2,1-2H3,(H,34,35)(H,36,37). The summed E-state index contributed by atoms with van der Waals surface area (Å²) in [4.78, 5) is 24.8. The molecule has 0 fully saturated rings. The molecule has 0 spiro atoms. The fourth-order valence-electron chi connectivity index (χ4n) is 3.83. The van der Waals surface area contributed by atoms with Crippen LogP contribution >= 0.6 is 0 Å². The average Bonchev–Trinajstić information content (AvgIpc) is 2.81. The normalized spacial score (nSPS) is 12.9. The van der Waals surface area contributed by atoms with Crippen LogP contribution in [0, 0.1) is 5.92 Å². The minimum Gasteiger partial charge on any atom is -0.481 e. The number of hydrogen-bond donors (Lipinski definition) is 2. The molecule has 0 bridgehead atoms. The molecule has 196 valence electrons. The second kappa shape index (κ2) is 10.7. The summed E-state index contributed by atoms with van der Waals surface area (Å²) in [7, 11) is 0. The van der Waals surface area contributed by atoms with Crippen molar-refractivity contribution in [3.63, 3.8) is 0 Å². The highest BCUT2D eigenvalue weighted by atomic mass is 19.4. The van der Waals surface area contributed by atoms with Crippen molar-refractivity contribution in [3.8, 4) is 11.1 Å². The first-order valence-corrected chi connectivity index (χ1v) is 11.2. The van der Waals surface area contributed by atoms with Gasteiger partial charge in [-0.3, -0.25) is 9.59 Å². The zero-order valence-electron chi connectivity index (χ0n) is 19.7. The lowest BCUT2D eigenvalue weighted by Crippen LogP contribution is -2.16. The van der Waals surface area contributed by atoms with Crippen molar-refractivity contribution in [2.45, 2.75) is 38.5 Å². The molecule has 0 saturated heterocycles. The van der Waals surface area contributed by atoms with Gasteiger partial charge in [0, 0.05) is 11.3 Å². The number of carbonyl (C=O) groups excluding carboxylic acids is 1. The van der Waals surface area contributed by atoms with Crippen molar-refractivity contribution in [1.82, 2.24) is 0 Å². The van der Waals surface area contributed by atoms with E-state index >= 15 is 0 Å². The van der Waals surface area contributed by atoms with E-state index in [2.05, 4.69) is 5.32 Å². The van der Waals surface area contributed by atoms with Crippen LogP contribution in [0.1, 0.15) is 53.2 Å². The van der Waals surface area contributed by atoms with Crippen LogP contribution in [0.15, 0.2) is 66.7 Å². The van der Waals surface area contributed by atoms with Crippen LogP contribution in [0.3, 0.4) is 0 Å². The SMILES string of the molecule is CC(C)CC(C(=O)O)c1cc(NC(=O)c2cccc(C(F)(F)F)c2)cc(-c2ccc(C(F)(F)F)cc2)c1. The molecule has 10 heteroatoms. The summed E-state index contributed by atoms with van der Waals surface area (Å²) >= 11 is 0. The number of rotatable bonds is 7. The number of benzene rings is 3. The maximum absolute atomic E-state index is 13.1. The third-order valence-corrected chi connectivity index (χ3v) is 5.62. The summed E-state index contributed by atoms with van der Waals surface area (Å²) in [5.41, 5.74) is -1.11. The van der Waals surface area contributed by atoms with Gasteiger partial charge in [-0.2, -0.15) is 26.3 Å². The van der Waals surface area contributed by atoms with Gasteiger partial charge in [0.2, 0.25) is 0 Å². The van der Waals surface area contributed by atoms with Crippen molar-refractivity contribution in [1.29, 1.82) is 0 Å². The largest absolute Gasteiger partial charge is 0.481 e. The Balaban J connectivity index is 2.05. The van der Waals surface area contributed by atoms with Crippen LogP contribution in [0.4, 0.5) is 32.0 Å². The number of hydrogen-bond acceptors (Lipinski definition) is 2. The first kappa shape index (κ1) is 27.8. The predicted molar refractivity (Wildman–Crippen MR) is 126 cm³/mol. The molecule has 37 heavy (non-hydrogen) atoms. The van der Waals surface area contributed by atoms with Crippen LogP contribution in [0.25, 0.3) is 11.1 Å². The smallest absolute Gasteiger partial charge is 0.416 e. The molecule has 1 atom stereocenters. The van der Waals surface area contributed by atoms with Gasteiger partial charge in [0.1, 0.15) is 0 Å². The highest BCUT2D eigenvalue weighted by molar-refractivity contribution is 6.04. The van der Waals surface area contributed by atoms with Crippen LogP contribution in [0.2, 0.25) is 0 Å². The first-order valence-electron chi connectivity index (χ1n) is 11.2. The fraction of sp³-hybridized carbons (Fsp3) is 0.259. The molecule has 0 aliphatic carbocycles. The van der Waals surface area contributed by atoms with Crippen molar-refractivity contribution in [2.24, 2.45) is 5.92 Å². The molecule has 0 heterocycles. The summed E-state index contributed by atoms with van der Waals surface area (Å²) in [5, 5.41) is 12.3. The van der Waals surface area contributed by atoms with E-state index in [4.69, 9.17) is 0 Å². The van der Waals surface area contributed by atoms with Gasteiger partial charge < -0.3 is 10.4 Å². The highest BCUT2D eigenvalue weighted by Gasteiger charge is 2.31. The van der Waals surface area contributed by atoms with Gasteiger partial charge in [0.25, 0.3) is 5.91 Å². The van der Waals surface area contributed by atoms with Gasteiger partial charge in [-0.15, -0.1) is 0 Å². The predicted octanol–water partition coefficient (Wildman–Crippen LogP) is 7.86. The fourth-order valence-corrected chi connectivity index (χ4v) is 3.83. The molecule has 0 saturated carbocycles. The lowest BCUT2D eigenvalue weighted by molar-refractivity contribution is -0.139. The highest BCUT2D eigenvalue weighted by Crippen LogP contribution is 2.35. The average molecular weight is 523 g/mol. The summed E-state index contributed by atoms with van der Waals surface area (Å²) in [5.74, 6) is -3.00. The summed E-state index contributed by atoms with van der Waals surface area (Å²) in [6.07, 6.45) is -8.96. The van der Waals surface area contributed by atoms with Gasteiger partial charge >= 0.3 is 18.3 Å². The Morgan fingerprint density at radius 3 is 1.97 bits per heavy atom. The third-order valence-electron chi connectivity index (χ3n) is 5.62. The van der Waals surface area contributed by atoms with Crippen molar-refractivity contribution >= 4 is 17.6 Å². The van der Waals surface area contributed by atoms with Crippen LogP contribution in [-0.2, 0) is 17.1 Å². The summed E-state index contributed by atoms with van der Waals surface area (Å²) in [6.45, 7) is 3.65. The molecular formula is C27H23F6NO3. The number of carboxylic acid groups (broad SMARTS) is 1. The number of carbonyl (C=O) groups is 2. The zero-order chi connectivity index (χ0) is 27.5. The third kappa shape index (κ3) is 7.12. The van der Waals surface area contributed by atoms with Crippen molar-refractivity contribution in [3.05, 3.63) is 89.0 Å². The van der Waals surface area contributed by atoms with Crippen LogP contribution in [0.5, 0.6) is 0 Å². The molecule has 0 radical (unpaired) electrons. The molecule has 0 aliphatic rings. The Morgan fingerprint density at radius 1 is 0.811 bits per heavy atom. The number of carboxylic acids is 1. The van der Waals surface area contributed by atoms with E-state index in [-0.39, 0.29) is 29.2 Å². The van der Waals surface area contributed by atoms with Gasteiger partial charge in [0.05, 0.1) is 17.0 Å². The van der Waals surface area contributed by atoms with E-state index in [1.807, 2.05) is 13.8 Å². The zero-order valence-corrected chi connectivity index (χ0v) is 19.7. The van der Waals surface area contributed by atoms with Gasteiger partial charge in [-0.25, -0.2) is 0 Å². The number of aliphatic carboxylic acids is 1. The molecule has 4 nitrogen and oxygen atoms in total. The monoisotopic (exact) mass is 523 g/mol. The molecule has 3 aromatic carbocycles. The number of alkyl halides is 6. The minimum absolute atomic E-state index is 0.0148. The van der Waals surface area contributed by atoms with E-state index < -0.39 is 41.3 Å². The van der Waals surface area contributed by atoms with E-state index in [0.29, 0.717) is 17.2 Å². The Hall–Kier alpha value is -3.82. The van der Waals surface area contributed by atoms with E-state index in [1.54, 1.807) is 0 Å². The first-order chi connectivity index (χ1) is 17.1. The molecule has 1 unspecified atom stereocenters. The van der Waals surface area contributed by atoms with Gasteiger partial charge in [-0.1, -0.05) is 38.1 Å². The minimum atomic E-state index is -4.66. The van der Waals surface area contributed by atoms with Crippen molar-refractivity contribution in [2.75, 3.05) is 5.32 Å². The second-order valence-electron chi connectivity index (χ2n) is 8.97. The maximum atomic E-state index is 13.1. The van der Waals surface area contributed by atoms with E-state index in [9.17, 15) is 41.0 Å². The number of nitrogens with one attached hydrogen (secondary N) is 1. The molecule has 0 aliphatic heterocycles. The molecule has 3 aromatic rings. The number of amides is 1. The van der Waals surface area contributed by atoms with E-state index in [1.165, 1.54) is 36.4 Å². The lowest BCUT2D eigenvalue weighted by atomic mass is 9.88.